The monoisotopic (exact) mass is 346 g/mol. The first-order chi connectivity index (χ1) is 12.0. The Labute approximate surface area is 141 Å². The van der Waals surface area contributed by atoms with E-state index >= 15 is 0 Å². The molecule has 0 saturated heterocycles. The number of fused-ring (bicyclic) bond motifs is 1. The number of nitrogens with one attached hydrogen (secondary N) is 1. The predicted octanol–water partition coefficient (Wildman–Crippen LogP) is 4.30. The Morgan fingerprint density at radius 3 is 2.64 bits per heavy atom. The number of hydrogen-bond donors (Lipinski definition) is 1. The first-order valence-electron chi connectivity index (χ1n) is 7.48. The van der Waals surface area contributed by atoms with Gasteiger partial charge in [0.2, 0.25) is 0 Å². The summed E-state index contributed by atoms with van der Waals surface area (Å²) < 4.78 is 46.1. The van der Waals surface area contributed by atoms with Crippen molar-refractivity contribution in [3.8, 4) is 5.75 Å². The highest BCUT2D eigenvalue weighted by Crippen LogP contribution is 2.28. The van der Waals surface area contributed by atoms with E-state index in [9.17, 15) is 18.0 Å². The highest BCUT2D eigenvalue weighted by molar-refractivity contribution is 6.05. The SMILES string of the molecule is CCOc1cc(C(=O)Nc2ccc(F)cc2F)nc2c(F)cccc12. The standard InChI is InChI=1S/C18H13F3N2O2/c1-2-25-16-9-15(22-17-11(16)4-3-5-12(17)20)18(24)23-14-7-6-10(19)8-13(14)21/h3-9H,2H2,1H3,(H,23,24). The maximum absolute atomic E-state index is 14.0. The average Bonchev–Trinajstić information content (AvgIpc) is 2.58. The van der Waals surface area contributed by atoms with Gasteiger partial charge in [0, 0.05) is 17.5 Å². The molecule has 0 fully saturated rings. The summed E-state index contributed by atoms with van der Waals surface area (Å²) in [5, 5.41) is 2.71. The second-order valence-corrected chi connectivity index (χ2v) is 5.15. The lowest BCUT2D eigenvalue weighted by molar-refractivity contribution is 0.102. The van der Waals surface area contributed by atoms with Gasteiger partial charge in [-0.1, -0.05) is 6.07 Å². The third-order valence-electron chi connectivity index (χ3n) is 3.46. The van der Waals surface area contributed by atoms with Crippen molar-refractivity contribution in [3.63, 3.8) is 0 Å². The van der Waals surface area contributed by atoms with Crippen molar-refractivity contribution in [2.45, 2.75) is 6.92 Å². The van der Waals surface area contributed by atoms with Gasteiger partial charge in [-0.3, -0.25) is 4.79 Å². The Morgan fingerprint density at radius 1 is 1.12 bits per heavy atom. The van der Waals surface area contributed by atoms with Gasteiger partial charge in [-0.15, -0.1) is 0 Å². The lowest BCUT2D eigenvalue weighted by Crippen LogP contribution is -2.15. The quantitative estimate of drug-likeness (QED) is 0.766. The van der Waals surface area contributed by atoms with Crippen molar-refractivity contribution in [1.82, 2.24) is 4.98 Å². The number of nitrogens with zero attached hydrogens (tertiary/aromatic N) is 1. The molecule has 0 unspecified atom stereocenters. The van der Waals surface area contributed by atoms with Crippen molar-refractivity contribution in [2.75, 3.05) is 11.9 Å². The van der Waals surface area contributed by atoms with Crippen LogP contribution in [0.4, 0.5) is 18.9 Å². The summed E-state index contributed by atoms with van der Waals surface area (Å²) in [5.74, 6) is -2.78. The van der Waals surface area contributed by atoms with E-state index in [-0.39, 0.29) is 22.6 Å². The molecule has 0 bridgehead atoms. The van der Waals surface area contributed by atoms with Crippen LogP contribution in [0.1, 0.15) is 17.4 Å². The second-order valence-electron chi connectivity index (χ2n) is 5.15. The van der Waals surface area contributed by atoms with Crippen LogP contribution in [0.25, 0.3) is 10.9 Å². The van der Waals surface area contributed by atoms with Crippen molar-refractivity contribution in [3.05, 3.63) is 65.6 Å². The van der Waals surface area contributed by atoms with Gasteiger partial charge in [-0.05, 0) is 31.2 Å². The summed E-state index contributed by atoms with van der Waals surface area (Å²) in [4.78, 5) is 16.3. The Morgan fingerprint density at radius 2 is 1.92 bits per heavy atom. The molecule has 1 heterocycles. The third-order valence-corrected chi connectivity index (χ3v) is 3.46. The zero-order chi connectivity index (χ0) is 18.0. The van der Waals surface area contributed by atoms with E-state index < -0.39 is 23.4 Å². The minimum absolute atomic E-state index is 0.0295. The second kappa shape index (κ2) is 6.80. The zero-order valence-electron chi connectivity index (χ0n) is 13.1. The number of ether oxygens (including phenoxy) is 1. The van der Waals surface area contributed by atoms with Gasteiger partial charge in [0.15, 0.2) is 0 Å². The minimum atomic E-state index is -0.926. The van der Waals surface area contributed by atoms with E-state index in [1.165, 1.54) is 18.2 Å². The summed E-state index contributed by atoms with van der Waals surface area (Å²) in [7, 11) is 0. The van der Waals surface area contributed by atoms with Gasteiger partial charge in [0.05, 0.1) is 12.3 Å². The smallest absolute Gasteiger partial charge is 0.274 e. The molecule has 0 aliphatic carbocycles. The summed E-state index contributed by atoms with van der Waals surface area (Å²) in [6.07, 6.45) is 0. The molecule has 0 saturated carbocycles. The van der Waals surface area contributed by atoms with Crippen LogP contribution in [0.3, 0.4) is 0 Å². The third kappa shape index (κ3) is 3.40. The molecule has 0 aliphatic heterocycles. The maximum Gasteiger partial charge on any atom is 0.274 e. The molecule has 128 valence electrons. The van der Waals surface area contributed by atoms with E-state index in [1.807, 2.05) is 0 Å². The average molecular weight is 346 g/mol. The molecular formula is C18H13F3N2O2. The van der Waals surface area contributed by atoms with Crippen LogP contribution in [0, 0.1) is 17.5 Å². The van der Waals surface area contributed by atoms with Crippen LogP contribution in [0.5, 0.6) is 5.75 Å². The van der Waals surface area contributed by atoms with Crippen LogP contribution in [0.2, 0.25) is 0 Å². The van der Waals surface area contributed by atoms with E-state index in [0.717, 1.165) is 12.1 Å². The fraction of sp³-hybridized carbons (Fsp3) is 0.111. The molecule has 7 heteroatoms. The Balaban J connectivity index is 2.02. The molecule has 0 atom stereocenters. The highest BCUT2D eigenvalue weighted by Gasteiger charge is 2.16. The van der Waals surface area contributed by atoms with Crippen LogP contribution < -0.4 is 10.1 Å². The first-order valence-corrected chi connectivity index (χ1v) is 7.48. The molecule has 2 aromatic carbocycles. The molecule has 1 amide bonds. The largest absolute Gasteiger partial charge is 0.493 e. The molecule has 3 rings (SSSR count). The van der Waals surface area contributed by atoms with E-state index in [4.69, 9.17) is 4.74 Å². The fourth-order valence-corrected chi connectivity index (χ4v) is 2.35. The van der Waals surface area contributed by atoms with Gasteiger partial charge in [-0.2, -0.15) is 0 Å². The van der Waals surface area contributed by atoms with Gasteiger partial charge >= 0.3 is 0 Å². The van der Waals surface area contributed by atoms with E-state index in [1.54, 1.807) is 13.0 Å². The molecule has 3 aromatic rings. The number of benzene rings is 2. The molecule has 1 N–H and O–H groups in total. The zero-order valence-corrected chi connectivity index (χ0v) is 13.1. The number of carbonyl (C=O) groups is 1. The number of pyridine rings is 1. The van der Waals surface area contributed by atoms with Gasteiger partial charge < -0.3 is 10.1 Å². The maximum atomic E-state index is 14.0. The summed E-state index contributed by atoms with van der Waals surface area (Å²) in [5.41, 5.74) is -0.386. The Bertz CT molecular complexity index is 960. The molecule has 1 aromatic heterocycles. The number of hydrogen-bond acceptors (Lipinski definition) is 3. The molecule has 4 nitrogen and oxygen atoms in total. The normalized spacial score (nSPS) is 10.7. The molecule has 25 heavy (non-hydrogen) atoms. The van der Waals surface area contributed by atoms with Gasteiger partial charge in [0.1, 0.15) is 34.4 Å². The van der Waals surface area contributed by atoms with Crippen LogP contribution in [-0.4, -0.2) is 17.5 Å². The number of carbonyl (C=O) groups excluding carboxylic acids is 1. The molecule has 0 aliphatic rings. The number of amides is 1. The molecular weight excluding hydrogens is 333 g/mol. The number of halogens is 3. The predicted molar refractivity (Wildman–Crippen MR) is 87.2 cm³/mol. The Hall–Kier alpha value is -3.09. The first kappa shape index (κ1) is 16.8. The van der Waals surface area contributed by atoms with Gasteiger partial charge in [-0.25, -0.2) is 18.2 Å². The lowest BCUT2D eigenvalue weighted by Gasteiger charge is -2.11. The number of anilines is 1. The lowest BCUT2D eigenvalue weighted by atomic mass is 10.1. The number of para-hydroxylation sites is 1. The van der Waals surface area contributed by atoms with E-state index in [0.29, 0.717) is 18.1 Å². The fourth-order valence-electron chi connectivity index (χ4n) is 2.35. The van der Waals surface area contributed by atoms with Crippen LogP contribution in [0.15, 0.2) is 42.5 Å². The summed E-state index contributed by atoms with van der Waals surface area (Å²) in [6, 6.07) is 8.45. The van der Waals surface area contributed by atoms with Crippen molar-refractivity contribution >= 4 is 22.5 Å². The van der Waals surface area contributed by atoms with Crippen LogP contribution >= 0.6 is 0 Å². The molecule has 0 spiro atoms. The summed E-state index contributed by atoms with van der Waals surface area (Å²) >= 11 is 0. The van der Waals surface area contributed by atoms with E-state index in [2.05, 4.69) is 10.3 Å². The highest BCUT2D eigenvalue weighted by atomic mass is 19.1. The van der Waals surface area contributed by atoms with Crippen LogP contribution in [-0.2, 0) is 0 Å². The number of aromatic nitrogens is 1. The van der Waals surface area contributed by atoms with Gasteiger partial charge in [0.25, 0.3) is 5.91 Å². The minimum Gasteiger partial charge on any atom is -0.493 e. The number of rotatable bonds is 4. The van der Waals surface area contributed by atoms with Crippen molar-refractivity contribution in [2.24, 2.45) is 0 Å². The van der Waals surface area contributed by atoms with Crippen molar-refractivity contribution in [1.29, 1.82) is 0 Å². The Kier molecular flexibility index (Phi) is 4.56. The van der Waals surface area contributed by atoms with Crippen molar-refractivity contribution < 1.29 is 22.7 Å². The molecule has 0 radical (unpaired) electrons. The summed E-state index contributed by atoms with van der Waals surface area (Å²) in [6.45, 7) is 2.06. The topological polar surface area (TPSA) is 51.2 Å².